The second kappa shape index (κ2) is 38.7. The molecule has 0 unspecified atom stereocenters. The molecule has 0 aliphatic rings. The van der Waals surface area contributed by atoms with Crippen LogP contribution in [0.1, 0.15) is 0 Å². The van der Waals surface area contributed by atoms with E-state index in [1.54, 1.807) is 0 Å². The van der Waals surface area contributed by atoms with E-state index in [0.29, 0.717) is 0 Å². The zero-order valence-electron chi connectivity index (χ0n) is 1.82. The Hall–Kier alpha value is 3.55. The number of rotatable bonds is 0. The van der Waals surface area contributed by atoms with Crippen LogP contribution >= 0.6 is 0 Å². The average Bonchev–Trinajstić information content (AvgIpc) is 1.50. The third-order valence-corrected chi connectivity index (χ3v) is 0. The molecule has 0 atom stereocenters. The van der Waals surface area contributed by atoms with E-state index in [1.165, 1.54) is 0 Å². The summed E-state index contributed by atoms with van der Waals surface area (Å²) >= 11 is 1.50. The predicted octanol–water partition coefficient (Wildman–Crippen LogP) is -2.08. The Balaban J connectivity index is -0.00000000500. The first-order chi connectivity index (χ1) is 2.00. The van der Waals surface area contributed by atoms with Crippen LogP contribution in [0, 0.1) is 0 Å². The van der Waals surface area contributed by atoms with E-state index >= 15 is 0 Å². The molecule has 0 radical (unpaired) electrons. The van der Waals surface area contributed by atoms with E-state index in [0.717, 1.165) is 40.8 Å². The second-order valence-corrected chi connectivity index (χ2v) is 0. The van der Waals surface area contributed by atoms with E-state index < -0.39 is 0 Å². The van der Waals surface area contributed by atoms with E-state index in [-0.39, 0.29) is 75.5 Å². The van der Waals surface area contributed by atoms with Gasteiger partial charge >= 0.3 is 123 Å². The molecule has 6 heavy (non-hydrogen) atoms. The van der Waals surface area contributed by atoms with Gasteiger partial charge in [0.05, 0.1) is 0 Å². The first-order valence-corrected chi connectivity index (χ1v) is 1.68. The van der Waals surface area contributed by atoms with Gasteiger partial charge in [0.1, 0.15) is 0 Å². The second-order valence-electron chi connectivity index (χ2n) is 0. The molecule has 0 spiro atoms. The first-order valence-electron chi connectivity index (χ1n) is 0.408. The maximum atomic E-state index is 8.25. The molecule has 0 aromatic carbocycles. The Morgan fingerprint density at radius 3 is 0.667 bits per heavy atom. The van der Waals surface area contributed by atoms with E-state index in [2.05, 4.69) is 0 Å². The molecule has 2 nitrogen and oxygen atoms in total. The minimum absolute atomic E-state index is 0. The molecule has 28 valence electrons. The van der Waals surface area contributed by atoms with Crippen LogP contribution in [0.4, 0.5) is 0 Å². The van der Waals surface area contributed by atoms with Crippen molar-refractivity contribution in [2.24, 2.45) is 0 Å². The van der Waals surface area contributed by atoms with Gasteiger partial charge < -0.3 is 0 Å². The van der Waals surface area contributed by atoms with Gasteiger partial charge in [0.15, 0.2) is 0 Å². The van der Waals surface area contributed by atoms with Crippen molar-refractivity contribution in [3.63, 3.8) is 0 Å². The molecule has 0 bridgehead atoms. The molecular formula is H4Ca2O2Ti2. The van der Waals surface area contributed by atoms with E-state index in [9.17, 15) is 0 Å². The first kappa shape index (κ1) is 22.7. The monoisotopic (exact) mass is 212 g/mol. The summed E-state index contributed by atoms with van der Waals surface area (Å²) in [5, 5.41) is 0. The zero-order chi connectivity index (χ0) is 4.00. The van der Waals surface area contributed by atoms with Gasteiger partial charge in [-0.3, -0.25) is 0 Å². The van der Waals surface area contributed by atoms with Crippen molar-refractivity contribution in [2.45, 2.75) is 0 Å². The average molecular weight is 212 g/mol. The van der Waals surface area contributed by atoms with Crippen LogP contribution in [-0.2, 0) is 47.5 Å². The van der Waals surface area contributed by atoms with Crippen molar-refractivity contribution in [3.05, 3.63) is 0 Å². The van der Waals surface area contributed by atoms with Crippen LogP contribution in [0.5, 0.6) is 0 Å². The molecule has 0 rings (SSSR count). The van der Waals surface area contributed by atoms with Crippen LogP contribution in [-0.4, -0.2) is 75.5 Å². The molecule has 0 aromatic rings. The van der Waals surface area contributed by atoms with Gasteiger partial charge in [-0.1, -0.05) is 0 Å². The summed E-state index contributed by atoms with van der Waals surface area (Å²) in [4.78, 5) is 0. The fourth-order valence-electron chi connectivity index (χ4n) is 0. The van der Waals surface area contributed by atoms with Gasteiger partial charge in [-0.05, 0) is 0 Å². The van der Waals surface area contributed by atoms with Gasteiger partial charge in [-0.15, -0.1) is 0 Å². The Morgan fingerprint density at radius 2 is 0.667 bits per heavy atom. The van der Waals surface area contributed by atoms with Gasteiger partial charge in [0.25, 0.3) is 0 Å². The van der Waals surface area contributed by atoms with Gasteiger partial charge in [0.2, 0.25) is 0 Å². The van der Waals surface area contributed by atoms with Crippen molar-refractivity contribution >= 4 is 75.5 Å². The molecule has 6 heteroatoms. The van der Waals surface area contributed by atoms with Gasteiger partial charge in [0, 0.05) is 0 Å². The summed E-state index contributed by atoms with van der Waals surface area (Å²) in [6.45, 7) is 0. The summed E-state index contributed by atoms with van der Waals surface area (Å²) in [7, 11) is 0. The summed E-state index contributed by atoms with van der Waals surface area (Å²) in [5.74, 6) is 0. The van der Waals surface area contributed by atoms with Crippen LogP contribution in [0.3, 0.4) is 0 Å². The van der Waals surface area contributed by atoms with E-state index in [4.69, 9.17) is 6.65 Å². The summed E-state index contributed by atoms with van der Waals surface area (Å²) < 4.78 is 16.5. The molecule has 0 aromatic heterocycles. The minimum atomic E-state index is 0. The summed E-state index contributed by atoms with van der Waals surface area (Å²) in [6, 6.07) is 0. The molecule has 0 saturated heterocycles. The zero-order valence-corrected chi connectivity index (χ0v) is 4.94. The number of hydrogen-bond donors (Lipinski definition) is 0. The van der Waals surface area contributed by atoms with Gasteiger partial charge in [-0.25, -0.2) is 0 Å². The third kappa shape index (κ3) is 25.7. The predicted molar refractivity (Wildman–Crippen MR) is 18.5 cm³/mol. The molecule has 0 amide bonds. The van der Waals surface area contributed by atoms with Crippen molar-refractivity contribution in [1.29, 1.82) is 0 Å². The fraction of sp³-hybridized carbons (Fsp3) is 0. The van der Waals surface area contributed by atoms with Gasteiger partial charge in [-0.2, -0.15) is 0 Å². The fourth-order valence-corrected chi connectivity index (χ4v) is 0. The Kier molecular flexibility index (Phi) is 146. The summed E-state index contributed by atoms with van der Waals surface area (Å²) in [6.07, 6.45) is 0. The van der Waals surface area contributed by atoms with Crippen LogP contribution in [0.25, 0.3) is 0 Å². The molecule has 0 N–H and O–H groups in total. The van der Waals surface area contributed by atoms with Crippen LogP contribution < -0.4 is 0 Å². The Bertz CT molecular complexity index is 11.5. The van der Waals surface area contributed by atoms with Crippen LogP contribution in [0.2, 0.25) is 0 Å². The maximum absolute atomic E-state index is 8.25. The number of hydrogen-bond acceptors (Lipinski definition) is 2. The van der Waals surface area contributed by atoms with Crippen molar-refractivity contribution in [2.75, 3.05) is 0 Å². The third-order valence-electron chi connectivity index (χ3n) is 0. The molecular weight excluding hydrogens is 208 g/mol. The van der Waals surface area contributed by atoms with Crippen molar-refractivity contribution in [3.8, 4) is 0 Å². The Labute approximate surface area is 120 Å². The molecule has 0 aliphatic heterocycles. The standard InChI is InChI=1S/2Ca.2O.2Ti.4H. The molecule has 0 fully saturated rings. The SMILES string of the molecule is [CaH2].[CaH2].[O]=[Ti].[O]=[Ti]. The quantitative estimate of drug-likeness (QED) is 0.432. The van der Waals surface area contributed by atoms with E-state index in [1.807, 2.05) is 0 Å². The van der Waals surface area contributed by atoms with Crippen molar-refractivity contribution in [1.82, 2.24) is 0 Å². The van der Waals surface area contributed by atoms with Crippen LogP contribution in [0.15, 0.2) is 0 Å². The topological polar surface area (TPSA) is 34.1 Å². The molecule has 0 saturated carbocycles. The molecule has 0 heterocycles. The van der Waals surface area contributed by atoms with Crippen molar-refractivity contribution < 1.29 is 47.5 Å². The summed E-state index contributed by atoms with van der Waals surface area (Å²) in [5.41, 5.74) is 0. The normalized spacial score (nSPS) is 1.00. The molecule has 0 aliphatic carbocycles. The Morgan fingerprint density at radius 1 is 0.667 bits per heavy atom.